The first-order valence-corrected chi connectivity index (χ1v) is 7.36. The number of hydrogen-bond acceptors (Lipinski definition) is 3. The summed E-state index contributed by atoms with van der Waals surface area (Å²) in [6.45, 7) is 5.53. The lowest BCUT2D eigenvalue weighted by Gasteiger charge is -2.17. The molecule has 0 spiro atoms. The van der Waals surface area contributed by atoms with Gasteiger partial charge in [0.25, 0.3) is 0 Å². The normalized spacial score (nSPS) is 16.8. The van der Waals surface area contributed by atoms with Gasteiger partial charge in [0, 0.05) is 23.9 Å². The van der Waals surface area contributed by atoms with Gasteiger partial charge in [-0.2, -0.15) is 0 Å². The Hall–Kier alpha value is -0.960. The molecular formula is C15H25N3. The van der Waals surface area contributed by atoms with Crippen molar-refractivity contribution < 1.29 is 0 Å². The van der Waals surface area contributed by atoms with E-state index in [2.05, 4.69) is 35.2 Å². The minimum atomic E-state index is 0.620. The molecule has 0 saturated heterocycles. The molecule has 18 heavy (non-hydrogen) atoms. The maximum atomic E-state index is 4.43. The van der Waals surface area contributed by atoms with Crippen molar-refractivity contribution in [3.8, 4) is 0 Å². The Morgan fingerprint density at radius 2 is 2.00 bits per heavy atom. The van der Waals surface area contributed by atoms with E-state index >= 15 is 0 Å². The van der Waals surface area contributed by atoms with Crippen molar-refractivity contribution in [2.45, 2.75) is 58.4 Å². The van der Waals surface area contributed by atoms with E-state index in [4.69, 9.17) is 0 Å². The summed E-state index contributed by atoms with van der Waals surface area (Å²) in [7, 11) is 0. The van der Waals surface area contributed by atoms with E-state index in [9.17, 15) is 0 Å². The van der Waals surface area contributed by atoms with Crippen LogP contribution < -0.4 is 5.32 Å². The van der Waals surface area contributed by atoms with Gasteiger partial charge in [0.2, 0.25) is 0 Å². The molecule has 0 radical (unpaired) electrons. The van der Waals surface area contributed by atoms with Crippen LogP contribution in [0, 0.1) is 5.92 Å². The van der Waals surface area contributed by atoms with Crippen LogP contribution in [0.25, 0.3) is 0 Å². The summed E-state index contributed by atoms with van der Waals surface area (Å²) in [5.41, 5.74) is 2.39. The summed E-state index contributed by atoms with van der Waals surface area (Å²) in [5, 5.41) is 3.67. The molecule has 1 aliphatic carbocycles. The first-order valence-electron chi connectivity index (χ1n) is 7.36. The highest BCUT2D eigenvalue weighted by molar-refractivity contribution is 5.10. The van der Waals surface area contributed by atoms with Crippen molar-refractivity contribution in [1.82, 2.24) is 15.3 Å². The molecule has 1 N–H and O–H groups in total. The average Bonchev–Trinajstić information content (AvgIpc) is 3.19. The highest BCUT2D eigenvalue weighted by Crippen LogP contribution is 2.33. The Bertz CT molecular complexity index is 361. The predicted octanol–water partition coefficient (Wildman–Crippen LogP) is 2.75. The summed E-state index contributed by atoms with van der Waals surface area (Å²) in [4.78, 5) is 8.76. The van der Waals surface area contributed by atoms with Gasteiger partial charge in [-0.15, -0.1) is 0 Å². The van der Waals surface area contributed by atoms with E-state index in [1.54, 1.807) is 6.33 Å². The van der Waals surface area contributed by atoms with E-state index in [1.165, 1.54) is 30.7 Å². The monoisotopic (exact) mass is 247 g/mol. The van der Waals surface area contributed by atoms with E-state index in [0.29, 0.717) is 6.04 Å². The van der Waals surface area contributed by atoms with E-state index in [0.717, 1.165) is 31.7 Å². The zero-order valence-corrected chi connectivity index (χ0v) is 11.7. The predicted molar refractivity (Wildman–Crippen MR) is 74.5 cm³/mol. The lowest BCUT2D eigenvalue weighted by Crippen LogP contribution is -2.34. The van der Waals surface area contributed by atoms with Crippen LogP contribution in [-0.4, -0.2) is 22.6 Å². The van der Waals surface area contributed by atoms with Gasteiger partial charge in [-0.05, 0) is 44.2 Å². The Kier molecular flexibility index (Phi) is 5.12. The molecule has 3 nitrogen and oxygen atoms in total. The highest BCUT2D eigenvalue weighted by Gasteiger charge is 2.30. The molecule has 1 saturated carbocycles. The third kappa shape index (κ3) is 4.05. The van der Waals surface area contributed by atoms with E-state index < -0.39 is 0 Å². The van der Waals surface area contributed by atoms with Crippen molar-refractivity contribution in [2.75, 3.05) is 6.54 Å². The number of rotatable bonds is 8. The van der Waals surface area contributed by atoms with Gasteiger partial charge in [0.05, 0.1) is 0 Å². The fourth-order valence-corrected chi connectivity index (χ4v) is 2.41. The fraction of sp³-hybridized carbons (Fsp3) is 0.733. The van der Waals surface area contributed by atoms with Crippen LogP contribution >= 0.6 is 0 Å². The standard InChI is InChI=1S/C15H25N3/c1-3-5-13-9-14(18-11-17-13)10-15(12-6-7-12)16-8-4-2/h9,11-12,15-16H,3-8,10H2,1-2H3. The summed E-state index contributed by atoms with van der Waals surface area (Å²) in [6.07, 6.45) is 8.97. The number of nitrogens with zero attached hydrogens (tertiary/aromatic N) is 2. The second kappa shape index (κ2) is 6.83. The van der Waals surface area contributed by atoms with Crippen LogP contribution in [0.4, 0.5) is 0 Å². The highest BCUT2D eigenvalue weighted by atomic mass is 14.9. The molecule has 1 aromatic heterocycles. The zero-order chi connectivity index (χ0) is 12.8. The van der Waals surface area contributed by atoms with Crippen LogP contribution in [0.2, 0.25) is 0 Å². The van der Waals surface area contributed by atoms with Gasteiger partial charge in [-0.3, -0.25) is 0 Å². The molecule has 1 heterocycles. The number of nitrogens with one attached hydrogen (secondary N) is 1. The largest absolute Gasteiger partial charge is 0.313 e. The lowest BCUT2D eigenvalue weighted by atomic mass is 10.1. The summed E-state index contributed by atoms with van der Waals surface area (Å²) in [5.74, 6) is 0.876. The maximum absolute atomic E-state index is 4.43. The van der Waals surface area contributed by atoms with Crippen LogP contribution in [0.3, 0.4) is 0 Å². The van der Waals surface area contributed by atoms with Crippen LogP contribution in [0.5, 0.6) is 0 Å². The van der Waals surface area contributed by atoms with Crippen molar-refractivity contribution in [1.29, 1.82) is 0 Å². The Labute approximate surface area is 110 Å². The first kappa shape index (κ1) is 13.5. The molecule has 3 heteroatoms. The first-order chi connectivity index (χ1) is 8.83. The van der Waals surface area contributed by atoms with Crippen molar-refractivity contribution >= 4 is 0 Å². The van der Waals surface area contributed by atoms with Gasteiger partial charge in [-0.25, -0.2) is 9.97 Å². The molecule has 100 valence electrons. The fourth-order valence-electron chi connectivity index (χ4n) is 2.41. The van der Waals surface area contributed by atoms with Crippen LogP contribution in [0.15, 0.2) is 12.4 Å². The minimum Gasteiger partial charge on any atom is -0.313 e. The second-order valence-electron chi connectivity index (χ2n) is 5.35. The van der Waals surface area contributed by atoms with Crippen LogP contribution in [0.1, 0.15) is 50.9 Å². The molecule has 0 aromatic carbocycles. The molecule has 0 aliphatic heterocycles. The van der Waals surface area contributed by atoms with Crippen molar-refractivity contribution in [3.63, 3.8) is 0 Å². The molecule has 1 atom stereocenters. The maximum Gasteiger partial charge on any atom is 0.115 e. The molecule has 1 fully saturated rings. The molecular weight excluding hydrogens is 222 g/mol. The summed E-state index contributed by atoms with van der Waals surface area (Å²) in [6, 6.07) is 2.81. The van der Waals surface area contributed by atoms with Gasteiger partial charge < -0.3 is 5.32 Å². The SMILES string of the molecule is CCCNC(Cc1cc(CCC)ncn1)C1CC1. The van der Waals surface area contributed by atoms with Crippen molar-refractivity contribution in [3.05, 3.63) is 23.8 Å². The number of aryl methyl sites for hydroxylation is 1. The molecule has 1 unspecified atom stereocenters. The van der Waals surface area contributed by atoms with Gasteiger partial charge in [-0.1, -0.05) is 20.3 Å². The molecule has 0 bridgehead atoms. The van der Waals surface area contributed by atoms with Crippen molar-refractivity contribution in [2.24, 2.45) is 5.92 Å². The molecule has 1 aliphatic rings. The lowest BCUT2D eigenvalue weighted by molar-refractivity contribution is 0.456. The average molecular weight is 247 g/mol. The topological polar surface area (TPSA) is 37.8 Å². The van der Waals surface area contributed by atoms with Crippen LogP contribution in [-0.2, 0) is 12.8 Å². The summed E-state index contributed by atoms with van der Waals surface area (Å²) >= 11 is 0. The Balaban J connectivity index is 1.94. The van der Waals surface area contributed by atoms with E-state index in [-0.39, 0.29) is 0 Å². The Morgan fingerprint density at radius 3 is 2.67 bits per heavy atom. The molecule has 1 aromatic rings. The second-order valence-corrected chi connectivity index (χ2v) is 5.35. The Morgan fingerprint density at radius 1 is 1.22 bits per heavy atom. The van der Waals surface area contributed by atoms with Gasteiger partial charge in [0.1, 0.15) is 6.33 Å². The van der Waals surface area contributed by atoms with Gasteiger partial charge >= 0.3 is 0 Å². The zero-order valence-electron chi connectivity index (χ0n) is 11.7. The van der Waals surface area contributed by atoms with Gasteiger partial charge in [0.15, 0.2) is 0 Å². The third-order valence-corrected chi connectivity index (χ3v) is 3.56. The smallest absolute Gasteiger partial charge is 0.115 e. The number of hydrogen-bond donors (Lipinski definition) is 1. The molecule has 0 amide bonds. The quantitative estimate of drug-likeness (QED) is 0.767. The molecule has 2 rings (SSSR count). The van der Waals surface area contributed by atoms with E-state index in [1.807, 2.05) is 0 Å². The number of aromatic nitrogens is 2. The minimum absolute atomic E-state index is 0.620. The third-order valence-electron chi connectivity index (χ3n) is 3.56. The summed E-state index contributed by atoms with van der Waals surface area (Å²) < 4.78 is 0.